The van der Waals surface area contributed by atoms with Gasteiger partial charge in [-0.1, -0.05) is 0 Å². The number of piperidine rings is 1. The second-order valence-corrected chi connectivity index (χ2v) is 7.74. The molecule has 2 aromatic rings. The first kappa shape index (κ1) is 18.8. The van der Waals surface area contributed by atoms with E-state index in [0.29, 0.717) is 18.3 Å². The zero-order valence-corrected chi connectivity index (χ0v) is 16.3. The van der Waals surface area contributed by atoms with Gasteiger partial charge in [0.2, 0.25) is 0 Å². The lowest BCUT2D eigenvalue weighted by Crippen LogP contribution is -2.38. The van der Waals surface area contributed by atoms with Crippen LogP contribution in [0.3, 0.4) is 0 Å². The second kappa shape index (κ2) is 8.65. The van der Waals surface area contributed by atoms with Crippen LogP contribution in [0.25, 0.3) is 0 Å². The molecule has 2 aromatic heterocycles. The van der Waals surface area contributed by atoms with E-state index in [0.717, 1.165) is 55.4 Å². The van der Waals surface area contributed by atoms with E-state index in [1.807, 2.05) is 25.1 Å². The monoisotopic (exact) mass is 381 g/mol. The van der Waals surface area contributed by atoms with Crippen molar-refractivity contribution in [1.82, 2.24) is 20.5 Å². The van der Waals surface area contributed by atoms with Gasteiger partial charge in [0.15, 0.2) is 11.5 Å². The quantitative estimate of drug-likeness (QED) is 0.794. The molecule has 1 saturated heterocycles. The van der Waals surface area contributed by atoms with Crippen molar-refractivity contribution in [3.05, 3.63) is 47.4 Å². The van der Waals surface area contributed by atoms with Gasteiger partial charge >= 0.3 is 0 Å². The molecule has 0 atom stereocenters. The number of ether oxygens (including phenoxy) is 1. The van der Waals surface area contributed by atoms with Gasteiger partial charge in [0.1, 0.15) is 0 Å². The molecule has 7 nitrogen and oxygen atoms in total. The molecule has 2 fully saturated rings. The Labute approximate surface area is 165 Å². The van der Waals surface area contributed by atoms with Gasteiger partial charge in [0, 0.05) is 38.6 Å². The number of pyridine rings is 1. The zero-order chi connectivity index (χ0) is 19.3. The fraction of sp³-hybridized carbons (Fsp3) is 0.524. The smallest absolute Gasteiger partial charge is 0.272 e. The first-order chi connectivity index (χ1) is 13.7. The summed E-state index contributed by atoms with van der Waals surface area (Å²) in [6.07, 6.45) is 8.47. The number of aromatic nitrogens is 3. The Morgan fingerprint density at radius 2 is 1.93 bits per heavy atom. The van der Waals surface area contributed by atoms with E-state index in [4.69, 9.17) is 4.74 Å². The lowest BCUT2D eigenvalue weighted by Gasteiger charge is -2.33. The largest absolute Gasteiger partial charge is 0.378 e. The van der Waals surface area contributed by atoms with Gasteiger partial charge < -0.3 is 15.0 Å². The van der Waals surface area contributed by atoms with Crippen LogP contribution >= 0.6 is 0 Å². The summed E-state index contributed by atoms with van der Waals surface area (Å²) in [4.78, 5) is 18.6. The molecule has 1 aliphatic heterocycles. The molecule has 0 aromatic carbocycles. The van der Waals surface area contributed by atoms with Gasteiger partial charge in [-0.3, -0.25) is 9.78 Å². The van der Waals surface area contributed by atoms with Crippen molar-refractivity contribution in [3.8, 4) is 0 Å². The maximum atomic E-state index is 12.4. The third-order valence-corrected chi connectivity index (χ3v) is 5.40. The zero-order valence-electron chi connectivity index (χ0n) is 16.3. The molecular weight excluding hydrogens is 354 g/mol. The van der Waals surface area contributed by atoms with Crippen LogP contribution < -0.4 is 10.2 Å². The van der Waals surface area contributed by atoms with Crippen LogP contribution in [0.5, 0.6) is 0 Å². The van der Waals surface area contributed by atoms with Crippen molar-refractivity contribution in [1.29, 1.82) is 0 Å². The number of nitrogens with one attached hydrogen (secondary N) is 1. The Bertz CT molecular complexity index is 802. The molecule has 148 valence electrons. The van der Waals surface area contributed by atoms with E-state index in [2.05, 4.69) is 25.4 Å². The minimum atomic E-state index is -0.217. The highest BCUT2D eigenvalue weighted by Crippen LogP contribution is 2.30. The third-order valence-electron chi connectivity index (χ3n) is 5.40. The van der Waals surface area contributed by atoms with E-state index in [1.54, 1.807) is 12.4 Å². The molecule has 28 heavy (non-hydrogen) atoms. The molecule has 1 N–H and O–H groups in total. The number of anilines is 1. The van der Waals surface area contributed by atoms with Gasteiger partial charge in [-0.2, -0.15) is 0 Å². The van der Waals surface area contributed by atoms with Crippen LogP contribution in [0.2, 0.25) is 0 Å². The summed E-state index contributed by atoms with van der Waals surface area (Å²) in [5.74, 6) is 1.46. The minimum absolute atomic E-state index is 0.217. The van der Waals surface area contributed by atoms with Crippen LogP contribution in [-0.4, -0.2) is 46.9 Å². The van der Waals surface area contributed by atoms with E-state index in [-0.39, 0.29) is 5.91 Å². The maximum absolute atomic E-state index is 12.4. The Hall–Kier alpha value is -2.54. The number of carbonyl (C=O) groups excluding carboxylic acids is 1. The van der Waals surface area contributed by atoms with Gasteiger partial charge in [0.25, 0.3) is 5.91 Å². The molecule has 0 spiro atoms. The Morgan fingerprint density at radius 3 is 2.61 bits per heavy atom. The maximum Gasteiger partial charge on any atom is 0.272 e. The van der Waals surface area contributed by atoms with Crippen molar-refractivity contribution in [2.75, 3.05) is 24.6 Å². The van der Waals surface area contributed by atoms with Crippen molar-refractivity contribution < 1.29 is 9.53 Å². The summed E-state index contributed by atoms with van der Waals surface area (Å²) in [5, 5.41) is 11.4. The molecule has 1 amide bonds. The molecular formula is C21H27N5O2. The van der Waals surface area contributed by atoms with Crippen molar-refractivity contribution in [2.45, 2.75) is 45.3 Å². The summed E-state index contributed by atoms with van der Waals surface area (Å²) in [5.41, 5.74) is 2.32. The molecule has 0 bridgehead atoms. The highest BCUT2D eigenvalue weighted by molar-refractivity contribution is 5.92. The predicted molar refractivity (Wildman–Crippen MR) is 106 cm³/mol. The highest BCUT2D eigenvalue weighted by atomic mass is 16.5. The summed E-state index contributed by atoms with van der Waals surface area (Å²) in [6.45, 7) is 5.18. The van der Waals surface area contributed by atoms with Crippen molar-refractivity contribution >= 4 is 11.7 Å². The third kappa shape index (κ3) is 4.84. The average Bonchev–Trinajstić information content (AvgIpc) is 3.56. The number of rotatable bonds is 7. The van der Waals surface area contributed by atoms with Crippen molar-refractivity contribution in [3.63, 3.8) is 0 Å². The number of nitrogens with zero attached hydrogens (tertiary/aromatic N) is 4. The molecule has 1 saturated carbocycles. The Morgan fingerprint density at radius 1 is 1.18 bits per heavy atom. The van der Waals surface area contributed by atoms with E-state index in [1.165, 1.54) is 12.8 Å². The van der Waals surface area contributed by atoms with Crippen LogP contribution in [0.4, 0.5) is 5.82 Å². The summed E-state index contributed by atoms with van der Waals surface area (Å²) in [7, 11) is 0. The predicted octanol–water partition coefficient (Wildman–Crippen LogP) is 2.51. The SMILES string of the molecule is Cc1cc(C(=O)NCc2ccncc2)nnc1N1CCC(OCC2CC2)CC1. The first-order valence-corrected chi connectivity index (χ1v) is 10.1. The van der Waals surface area contributed by atoms with Crippen molar-refractivity contribution in [2.24, 2.45) is 5.92 Å². The Balaban J connectivity index is 1.30. The van der Waals surface area contributed by atoms with E-state index < -0.39 is 0 Å². The second-order valence-electron chi connectivity index (χ2n) is 7.74. The lowest BCUT2D eigenvalue weighted by atomic mass is 10.1. The average molecular weight is 381 g/mol. The van der Waals surface area contributed by atoms with Crippen LogP contribution in [0, 0.1) is 12.8 Å². The molecule has 1 aliphatic carbocycles. The summed E-state index contributed by atoms with van der Waals surface area (Å²) < 4.78 is 6.02. The van der Waals surface area contributed by atoms with E-state index >= 15 is 0 Å². The van der Waals surface area contributed by atoms with Gasteiger partial charge in [-0.05, 0) is 67.9 Å². The lowest BCUT2D eigenvalue weighted by molar-refractivity contribution is 0.0304. The number of hydrogen-bond acceptors (Lipinski definition) is 6. The topological polar surface area (TPSA) is 80.2 Å². The number of amides is 1. The fourth-order valence-electron chi connectivity index (χ4n) is 3.47. The van der Waals surface area contributed by atoms with Gasteiger partial charge in [0.05, 0.1) is 6.10 Å². The molecule has 0 unspecified atom stereocenters. The summed E-state index contributed by atoms with van der Waals surface area (Å²) in [6, 6.07) is 5.57. The van der Waals surface area contributed by atoms with Gasteiger partial charge in [-0.15, -0.1) is 10.2 Å². The highest BCUT2D eigenvalue weighted by Gasteiger charge is 2.26. The fourth-order valence-corrected chi connectivity index (χ4v) is 3.47. The molecule has 7 heteroatoms. The number of hydrogen-bond donors (Lipinski definition) is 1. The van der Waals surface area contributed by atoms with Crippen LogP contribution in [0.1, 0.15) is 47.3 Å². The molecule has 4 rings (SSSR count). The molecule has 2 aliphatic rings. The molecule has 0 radical (unpaired) electrons. The molecule has 3 heterocycles. The summed E-state index contributed by atoms with van der Waals surface area (Å²) >= 11 is 0. The minimum Gasteiger partial charge on any atom is -0.378 e. The number of aryl methyl sites for hydroxylation is 1. The van der Waals surface area contributed by atoms with E-state index in [9.17, 15) is 4.79 Å². The normalized spacial score (nSPS) is 17.5. The van der Waals surface area contributed by atoms with Gasteiger partial charge in [-0.25, -0.2) is 0 Å². The standard InChI is InChI=1S/C21H27N5O2/c1-15-12-19(21(27)23-13-16-4-8-22-9-5-16)24-25-20(15)26-10-6-18(7-11-26)28-14-17-2-3-17/h4-5,8-9,12,17-18H,2-3,6-7,10-11,13-14H2,1H3,(H,23,27). The van der Waals surface area contributed by atoms with Crippen LogP contribution in [0.15, 0.2) is 30.6 Å². The number of carbonyl (C=O) groups is 1. The Kier molecular flexibility index (Phi) is 5.81. The first-order valence-electron chi connectivity index (χ1n) is 10.1. The van der Waals surface area contributed by atoms with Crippen LogP contribution in [-0.2, 0) is 11.3 Å².